The Morgan fingerprint density at radius 3 is 2.59 bits per heavy atom. The van der Waals surface area contributed by atoms with Crippen LogP contribution in [0.5, 0.6) is 17.2 Å². The molecule has 0 bridgehead atoms. The van der Waals surface area contributed by atoms with Crippen molar-refractivity contribution in [1.82, 2.24) is 4.57 Å². The van der Waals surface area contributed by atoms with Gasteiger partial charge in [0.15, 0.2) is 11.5 Å². The number of nitrogens with zero attached hydrogens (tertiary/aromatic N) is 1. The van der Waals surface area contributed by atoms with E-state index < -0.39 is 11.9 Å². The van der Waals surface area contributed by atoms with Gasteiger partial charge in [-0.05, 0) is 18.1 Å². The van der Waals surface area contributed by atoms with Crippen molar-refractivity contribution in [2.45, 2.75) is 12.8 Å². The molecule has 0 atom stereocenters. The number of rotatable bonds is 7. The maximum atomic E-state index is 12.4. The number of halogens is 1. The zero-order valence-electron chi connectivity index (χ0n) is 16.7. The van der Waals surface area contributed by atoms with Crippen molar-refractivity contribution in [3.8, 4) is 28.5 Å². The summed E-state index contributed by atoms with van der Waals surface area (Å²) in [5.41, 5.74) is 2.87. The van der Waals surface area contributed by atoms with Crippen LogP contribution in [0.15, 0.2) is 12.3 Å². The van der Waals surface area contributed by atoms with Gasteiger partial charge in [0, 0.05) is 30.3 Å². The number of carbonyl (C=O) groups is 2. The summed E-state index contributed by atoms with van der Waals surface area (Å²) in [7, 11) is 5.88. The Balaban J connectivity index is 2.34. The summed E-state index contributed by atoms with van der Waals surface area (Å²) in [5.74, 6) is 0.791. The Bertz CT molecular complexity index is 951. The van der Waals surface area contributed by atoms with Crippen LogP contribution in [0.25, 0.3) is 11.3 Å². The van der Waals surface area contributed by atoms with Gasteiger partial charge in [-0.3, -0.25) is 4.79 Å². The Morgan fingerprint density at radius 2 is 1.97 bits per heavy atom. The number of alkyl halides is 1. The van der Waals surface area contributed by atoms with Gasteiger partial charge in [0.05, 0.1) is 39.0 Å². The fourth-order valence-corrected chi connectivity index (χ4v) is 3.71. The topological polar surface area (TPSA) is 85.2 Å². The number of esters is 2. The van der Waals surface area contributed by atoms with E-state index in [1.54, 1.807) is 17.8 Å². The molecule has 156 valence electrons. The Kier molecular flexibility index (Phi) is 6.22. The smallest absolute Gasteiger partial charge is 0.339 e. The number of methoxy groups -OCH3 is 3. The first-order valence-corrected chi connectivity index (χ1v) is 9.39. The largest absolute Gasteiger partial charge is 0.492 e. The van der Waals surface area contributed by atoms with E-state index >= 15 is 0 Å². The molecule has 0 spiro atoms. The van der Waals surface area contributed by atoms with Gasteiger partial charge in [0.25, 0.3) is 0 Å². The number of hydrogen-bond acceptors (Lipinski definition) is 7. The predicted molar refractivity (Wildman–Crippen MR) is 105 cm³/mol. The first kappa shape index (κ1) is 20.9. The molecule has 2 heterocycles. The number of aryl methyl sites for hydroxylation is 2. The fraction of sp³-hybridized carbons (Fsp3) is 0.400. The molecule has 1 aromatic carbocycles. The molecule has 1 aromatic heterocycles. The lowest BCUT2D eigenvalue weighted by Gasteiger charge is -2.18. The fourth-order valence-electron chi connectivity index (χ4n) is 3.50. The number of aromatic nitrogens is 1. The van der Waals surface area contributed by atoms with Crippen LogP contribution in [0.3, 0.4) is 0 Å². The molecule has 0 radical (unpaired) electrons. The maximum absolute atomic E-state index is 12.4. The summed E-state index contributed by atoms with van der Waals surface area (Å²) in [6.45, 7) is 0.0744. The minimum atomic E-state index is -0.552. The highest BCUT2D eigenvalue weighted by atomic mass is 35.5. The van der Waals surface area contributed by atoms with Crippen LogP contribution in [0, 0.1) is 0 Å². The van der Waals surface area contributed by atoms with Crippen LogP contribution in [0.2, 0.25) is 0 Å². The van der Waals surface area contributed by atoms with Gasteiger partial charge < -0.3 is 28.3 Å². The number of benzene rings is 1. The maximum Gasteiger partial charge on any atom is 0.339 e. The minimum Gasteiger partial charge on any atom is -0.492 e. The second-order valence-corrected chi connectivity index (χ2v) is 6.72. The van der Waals surface area contributed by atoms with Crippen molar-refractivity contribution in [2.75, 3.05) is 34.0 Å². The molecule has 29 heavy (non-hydrogen) atoms. The van der Waals surface area contributed by atoms with E-state index in [4.69, 9.17) is 35.3 Å². The quantitative estimate of drug-likeness (QED) is 0.500. The molecule has 2 aromatic rings. The third-order valence-corrected chi connectivity index (χ3v) is 4.94. The second-order valence-electron chi connectivity index (χ2n) is 6.34. The highest BCUT2D eigenvalue weighted by Crippen LogP contribution is 2.50. The van der Waals surface area contributed by atoms with Crippen molar-refractivity contribution in [2.24, 2.45) is 7.05 Å². The van der Waals surface area contributed by atoms with Gasteiger partial charge in [-0.2, -0.15) is 0 Å². The molecule has 0 N–H and O–H groups in total. The third-order valence-electron chi connectivity index (χ3n) is 4.75. The molecule has 0 aliphatic carbocycles. The summed E-state index contributed by atoms with van der Waals surface area (Å²) in [6, 6.07) is 1.84. The molecular formula is C20H22ClNO7. The third kappa shape index (κ3) is 3.72. The van der Waals surface area contributed by atoms with E-state index in [1.807, 2.05) is 6.07 Å². The van der Waals surface area contributed by atoms with E-state index in [0.717, 1.165) is 5.56 Å². The zero-order valence-corrected chi connectivity index (χ0v) is 17.4. The van der Waals surface area contributed by atoms with Gasteiger partial charge in [-0.15, -0.1) is 11.6 Å². The summed E-state index contributed by atoms with van der Waals surface area (Å²) >= 11 is 6.04. The lowest BCUT2D eigenvalue weighted by Crippen LogP contribution is -2.11. The Morgan fingerprint density at radius 1 is 1.21 bits per heavy atom. The molecular weight excluding hydrogens is 402 g/mol. The summed E-state index contributed by atoms with van der Waals surface area (Å²) < 4.78 is 28.3. The molecule has 0 fully saturated rings. The molecule has 0 saturated carbocycles. The van der Waals surface area contributed by atoms with Crippen LogP contribution >= 0.6 is 11.6 Å². The first-order chi connectivity index (χ1) is 14.0. The molecule has 8 nitrogen and oxygen atoms in total. The summed E-state index contributed by atoms with van der Waals surface area (Å²) in [4.78, 5) is 24.5. The van der Waals surface area contributed by atoms with Gasteiger partial charge in [-0.1, -0.05) is 0 Å². The number of carbonyl (C=O) groups excluding carboxylic acids is 2. The van der Waals surface area contributed by atoms with Crippen molar-refractivity contribution in [3.63, 3.8) is 0 Å². The van der Waals surface area contributed by atoms with Crippen molar-refractivity contribution in [3.05, 3.63) is 29.0 Å². The lowest BCUT2D eigenvalue weighted by atomic mass is 9.95. The normalized spacial score (nSPS) is 12.0. The number of fused-ring (bicyclic) bond motifs is 1. The average Bonchev–Trinajstić information content (AvgIpc) is 3.30. The van der Waals surface area contributed by atoms with E-state index in [0.29, 0.717) is 46.4 Å². The minimum absolute atomic E-state index is 0.0744. The van der Waals surface area contributed by atoms with Crippen LogP contribution in [0.1, 0.15) is 21.5 Å². The van der Waals surface area contributed by atoms with Crippen LogP contribution in [0.4, 0.5) is 0 Å². The summed E-state index contributed by atoms with van der Waals surface area (Å²) in [5, 5.41) is 0. The molecule has 9 heteroatoms. The Hall–Kier alpha value is -2.87. The van der Waals surface area contributed by atoms with Crippen LogP contribution < -0.4 is 14.2 Å². The van der Waals surface area contributed by atoms with Crippen LogP contribution in [-0.4, -0.2) is 50.5 Å². The first-order valence-electron chi connectivity index (χ1n) is 8.85. The lowest BCUT2D eigenvalue weighted by molar-refractivity contribution is -0.139. The SMILES string of the molecule is COC(=O)Cc1c(C(=O)OC)cn(C)c1-c1c(CCCl)cc2c(c1OC)OCO2. The van der Waals surface area contributed by atoms with Gasteiger partial charge >= 0.3 is 11.9 Å². The van der Waals surface area contributed by atoms with Crippen molar-refractivity contribution < 1.29 is 33.3 Å². The highest BCUT2D eigenvalue weighted by molar-refractivity contribution is 6.18. The molecule has 0 amide bonds. The van der Waals surface area contributed by atoms with E-state index in [1.165, 1.54) is 21.3 Å². The Labute approximate surface area is 173 Å². The monoisotopic (exact) mass is 423 g/mol. The van der Waals surface area contributed by atoms with Crippen molar-refractivity contribution >= 4 is 23.5 Å². The van der Waals surface area contributed by atoms with Gasteiger partial charge in [-0.25, -0.2) is 4.79 Å². The van der Waals surface area contributed by atoms with E-state index in [-0.39, 0.29) is 18.8 Å². The van der Waals surface area contributed by atoms with Gasteiger partial charge in [0.2, 0.25) is 12.5 Å². The second kappa shape index (κ2) is 8.65. The summed E-state index contributed by atoms with van der Waals surface area (Å²) in [6.07, 6.45) is 2.02. The van der Waals surface area contributed by atoms with Crippen LogP contribution in [-0.2, 0) is 34.2 Å². The molecule has 3 rings (SSSR count). The molecule has 0 saturated heterocycles. The van der Waals surface area contributed by atoms with E-state index in [2.05, 4.69) is 0 Å². The highest BCUT2D eigenvalue weighted by Gasteiger charge is 2.31. The molecule has 1 aliphatic rings. The molecule has 1 aliphatic heterocycles. The number of ether oxygens (including phenoxy) is 5. The average molecular weight is 424 g/mol. The van der Waals surface area contributed by atoms with Crippen molar-refractivity contribution in [1.29, 1.82) is 0 Å². The standard InChI is InChI=1S/C20H22ClNO7/c1-22-9-13(20(24)27-4)12(8-15(23)25-2)17(22)16-11(5-6-21)7-14-18(19(16)26-3)29-10-28-14/h7,9H,5-6,8,10H2,1-4H3. The van der Waals surface area contributed by atoms with E-state index in [9.17, 15) is 9.59 Å². The number of hydrogen-bond donors (Lipinski definition) is 0. The molecule has 0 unspecified atom stereocenters. The zero-order chi connectivity index (χ0) is 21.1. The predicted octanol–water partition coefficient (Wildman–Crippen LogP) is 2.71. The van der Waals surface area contributed by atoms with Gasteiger partial charge in [0.1, 0.15) is 0 Å².